The van der Waals surface area contributed by atoms with Gasteiger partial charge in [-0.15, -0.1) is 5.10 Å². The van der Waals surface area contributed by atoms with Crippen molar-refractivity contribution in [3.63, 3.8) is 0 Å². The number of para-hydroxylation sites is 1. The zero-order valence-electron chi connectivity index (χ0n) is 20.5. The van der Waals surface area contributed by atoms with Crippen LogP contribution < -0.4 is 10.2 Å². The first-order valence-corrected chi connectivity index (χ1v) is 11.9. The number of anilines is 1. The lowest BCUT2D eigenvalue weighted by Gasteiger charge is -2.32. The number of fused-ring (bicyclic) bond motifs is 1. The fourth-order valence-electron chi connectivity index (χ4n) is 4.37. The van der Waals surface area contributed by atoms with Crippen LogP contribution in [0.2, 0.25) is 0 Å². The third kappa shape index (κ3) is 5.11. The molecule has 0 aliphatic heterocycles. The molecule has 0 saturated carbocycles. The van der Waals surface area contributed by atoms with Gasteiger partial charge in [-0.25, -0.2) is 4.68 Å². The maximum absolute atomic E-state index is 14.1. The van der Waals surface area contributed by atoms with Gasteiger partial charge in [-0.05, 0) is 55.8 Å². The van der Waals surface area contributed by atoms with E-state index < -0.39 is 6.04 Å². The molecular formula is C28H26N6O3. The predicted molar refractivity (Wildman–Crippen MR) is 138 cm³/mol. The summed E-state index contributed by atoms with van der Waals surface area (Å²) in [5.74, 6) is -0.0671. The number of amides is 2. The first kappa shape index (κ1) is 23.9. The van der Waals surface area contributed by atoms with Crippen molar-refractivity contribution in [1.29, 1.82) is 0 Å². The van der Waals surface area contributed by atoms with Crippen molar-refractivity contribution in [2.75, 3.05) is 4.90 Å². The maximum Gasteiger partial charge on any atom is 0.249 e. The summed E-state index contributed by atoms with van der Waals surface area (Å²) in [6.07, 6.45) is 4.78. The topological polar surface area (TPSA) is 106 Å². The Balaban J connectivity index is 1.57. The van der Waals surface area contributed by atoms with Gasteiger partial charge in [-0.3, -0.25) is 19.5 Å². The fourth-order valence-corrected chi connectivity index (χ4v) is 4.37. The van der Waals surface area contributed by atoms with Gasteiger partial charge in [0, 0.05) is 23.6 Å². The van der Waals surface area contributed by atoms with Crippen LogP contribution in [-0.2, 0) is 22.7 Å². The molecule has 1 unspecified atom stereocenters. The number of carbonyl (C=O) groups is 2. The van der Waals surface area contributed by atoms with Crippen LogP contribution in [0.25, 0.3) is 11.0 Å². The number of benzene rings is 2. The van der Waals surface area contributed by atoms with Crippen molar-refractivity contribution in [1.82, 2.24) is 25.3 Å². The minimum Gasteiger partial charge on any atom is -0.467 e. The van der Waals surface area contributed by atoms with Gasteiger partial charge in [0.2, 0.25) is 11.8 Å². The summed E-state index contributed by atoms with van der Waals surface area (Å²) in [6, 6.07) is 19.3. The van der Waals surface area contributed by atoms with Gasteiger partial charge in [-0.2, -0.15) is 0 Å². The monoisotopic (exact) mass is 494 g/mol. The average molecular weight is 495 g/mol. The number of rotatable bonds is 8. The highest BCUT2D eigenvalue weighted by atomic mass is 16.3. The van der Waals surface area contributed by atoms with E-state index in [9.17, 15) is 9.59 Å². The standard InChI is InChI=1S/C28H26N6O3/c1-19-11-12-24(20(2)15-19)34(26(35)18-33-25-10-4-3-9-23(25)31-32-33)27(21-7-5-13-29-16-21)28(36)30-17-22-8-6-14-37-22/h3-16,27H,17-18H2,1-2H3,(H,30,36). The number of furan rings is 1. The summed E-state index contributed by atoms with van der Waals surface area (Å²) in [6.45, 7) is 4.00. The van der Waals surface area contributed by atoms with E-state index in [1.54, 1.807) is 47.6 Å². The molecule has 37 heavy (non-hydrogen) atoms. The SMILES string of the molecule is Cc1ccc(N(C(=O)Cn2nnc3ccccc32)C(C(=O)NCc2ccco2)c2cccnc2)c(C)c1. The lowest BCUT2D eigenvalue weighted by molar-refractivity contribution is -0.127. The number of nitrogens with one attached hydrogen (secondary N) is 1. The molecule has 9 heteroatoms. The van der Waals surface area contributed by atoms with Gasteiger partial charge >= 0.3 is 0 Å². The Kier molecular flexibility index (Phi) is 6.76. The smallest absolute Gasteiger partial charge is 0.249 e. The molecule has 0 radical (unpaired) electrons. The zero-order chi connectivity index (χ0) is 25.8. The third-order valence-electron chi connectivity index (χ3n) is 6.11. The van der Waals surface area contributed by atoms with Crippen LogP contribution in [0.1, 0.15) is 28.5 Å². The second-order valence-corrected chi connectivity index (χ2v) is 8.78. The van der Waals surface area contributed by atoms with E-state index in [1.165, 1.54) is 4.90 Å². The summed E-state index contributed by atoms with van der Waals surface area (Å²) < 4.78 is 6.93. The van der Waals surface area contributed by atoms with Crippen molar-refractivity contribution in [3.8, 4) is 0 Å². The van der Waals surface area contributed by atoms with E-state index in [0.29, 0.717) is 22.5 Å². The van der Waals surface area contributed by atoms with Crippen LogP contribution in [0.4, 0.5) is 5.69 Å². The molecule has 2 amide bonds. The molecule has 0 fully saturated rings. The van der Waals surface area contributed by atoms with Crippen molar-refractivity contribution < 1.29 is 14.0 Å². The lowest BCUT2D eigenvalue weighted by atomic mass is 10.0. The summed E-state index contributed by atoms with van der Waals surface area (Å²) in [4.78, 5) is 33.6. The highest BCUT2D eigenvalue weighted by molar-refractivity contribution is 6.02. The number of aryl methyl sites for hydroxylation is 2. The number of pyridine rings is 1. The Labute approximate surface area is 213 Å². The molecule has 3 heterocycles. The lowest BCUT2D eigenvalue weighted by Crippen LogP contribution is -2.45. The van der Waals surface area contributed by atoms with Gasteiger partial charge < -0.3 is 9.73 Å². The van der Waals surface area contributed by atoms with Crippen LogP contribution in [0.3, 0.4) is 0 Å². The van der Waals surface area contributed by atoms with E-state index >= 15 is 0 Å². The highest BCUT2D eigenvalue weighted by Gasteiger charge is 2.34. The summed E-state index contributed by atoms with van der Waals surface area (Å²) in [5, 5.41) is 11.3. The maximum atomic E-state index is 14.1. The number of hydrogen-bond donors (Lipinski definition) is 1. The van der Waals surface area contributed by atoms with Gasteiger partial charge in [0.15, 0.2) is 0 Å². The Bertz CT molecular complexity index is 1530. The summed E-state index contributed by atoms with van der Waals surface area (Å²) in [5.41, 5.74) is 4.55. The van der Waals surface area contributed by atoms with Gasteiger partial charge in [-0.1, -0.05) is 41.1 Å². The zero-order valence-corrected chi connectivity index (χ0v) is 20.5. The predicted octanol–water partition coefficient (Wildman–Crippen LogP) is 4.13. The normalized spacial score (nSPS) is 11.8. The van der Waals surface area contributed by atoms with Crippen LogP contribution in [0.5, 0.6) is 0 Å². The highest BCUT2D eigenvalue weighted by Crippen LogP contribution is 2.31. The Hall–Kier alpha value is -4.79. The summed E-state index contributed by atoms with van der Waals surface area (Å²) >= 11 is 0. The van der Waals surface area contributed by atoms with E-state index in [0.717, 1.165) is 16.6 Å². The Morgan fingerprint density at radius 1 is 1.05 bits per heavy atom. The first-order valence-electron chi connectivity index (χ1n) is 11.9. The number of nitrogens with zero attached hydrogens (tertiary/aromatic N) is 5. The number of hydrogen-bond acceptors (Lipinski definition) is 6. The molecule has 1 N–H and O–H groups in total. The van der Waals surface area contributed by atoms with E-state index in [4.69, 9.17) is 4.42 Å². The fraction of sp³-hybridized carbons (Fsp3) is 0.179. The average Bonchev–Trinajstić information content (AvgIpc) is 3.57. The second-order valence-electron chi connectivity index (χ2n) is 8.78. The van der Waals surface area contributed by atoms with Crippen molar-refractivity contribution >= 4 is 28.5 Å². The van der Waals surface area contributed by atoms with Crippen molar-refractivity contribution in [2.24, 2.45) is 0 Å². The van der Waals surface area contributed by atoms with Crippen molar-refractivity contribution in [3.05, 3.63) is 108 Å². The molecule has 0 saturated heterocycles. The molecule has 2 aromatic carbocycles. The molecule has 0 spiro atoms. The van der Waals surface area contributed by atoms with Gasteiger partial charge in [0.25, 0.3) is 0 Å². The molecule has 1 atom stereocenters. The van der Waals surface area contributed by atoms with E-state index in [2.05, 4.69) is 20.6 Å². The second kappa shape index (κ2) is 10.4. The molecule has 186 valence electrons. The molecule has 0 bridgehead atoms. The molecule has 9 nitrogen and oxygen atoms in total. The van der Waals surface area contributed by atoms with E-state index in [-0.39, 0.29) is 24.9 Å². The van der Waals surface area contributed by atoms with Crippen molar-refractivity contribution in [2.45, 2.75) is 33.0 Å². The van der Waals surface area contributed by atoms with E-state index in [1.807, 2.05) is 56.3 Å². The molecule has 0 aliphatic rings. The Morgan fingerprint density at radius 2 is 1.92 bits per heavy atom. The van der Waals surface area contributed by atoms with Crippen LogP contribution in [-0.4, -0.2) is 31.8 Å². The molecular weight excluding hydrogens is 468 g/mol. The summed E-state index contributed by atoms with van der Waals surface area (Å²) in [7, 11) is 0. The quantitative estimate of drug-likeness (QED) is 0.348. The number of aromatic nitrogens is 4. The third-order valence-corrected chi connectivity index (χ3v) is 6.11. The molecule has 5 rings (SSSR count). The van der Waals surface area contributed by atoms with Gasteiger partial charge in [0.05, 0.1) is 18.3 Å². The van der Waals surface area contributed by atoms with Crippen LogP contribution in [0.15, 0.2) is 89.8 Å². The molecule has 5 aromatic rings. The molecule has 0 aliphatic carbocycles. The minimum atomic E-state index is -0.979. The van der Waals surface area contributed by atoms with Gasteiger partial charge in [0.1, 0.15) is 23.9 Å². The first-order chi connectivity index (χ1) is 18.0. The number of carbonyl (C=O) groups excluding carboxylic acids is 2. The van der Waals surface area contributed by atoms with Crippen LogP contribution in [0, 0.1) is 13.8 Å². The largest absolute Gasteiger partial charge is 0.467 e. The Morgan fingerprint density at radius 3 is 2.68 bits per heavy atom. The minimum absolute atomic E-state index is 0.101. The molecule has 3 aromatic heterocycles. The van der Waals surface area contributed by atoms with Crippen LogP contribution >= 0.6 is 0 Å².